The van der Waals surface area contributed by atoms with Gasteiger partial charge in [0.1, 0.15) is 11.6 Å². The number of hydrogen-bond donors (Lipinski definition) is 1. The number of nitrogens with zero attached hydrogens (tertiary/aromatic N) is 1. The van der Waals surface area contributed by atoms with Gasteiger partial charge in [-0.2, -0.15) is 0 Å². The predicted molar refractivity (Wildman–Crippen MR) is 199 cm³/mol. The molecule has 0 aromatic heterocycles. The van der Waals surface area contributed by atoms with E-state index in [1.165, 1.54) is 40.5 Å². The summed E-state index contributed by atoms with van der Waals surface area (Å²) in [4.78, 5) is 39.8. The van der Waals surface area contributed by atoms with E-state index in [4.69, 9.17) is 4.74 Å². The first kappa shape index (κ1) is 37.6. The molecule has 2 fully saturated rings. The standard InChI is InChI=1S/C44H57NO5/c1-7-12-39(42(48)50-6)45(26-9-3)40(47)14-11-13-30(10-4)27-31-15-17-32(18-16-31)37-29-43(5)38(23-25-44(43,49)24-8-2)36-21-19-33-28-34(46)20-22-35(33)41(36)37/h7,10,15-18,28,36-39,49H,1,9,11-14,19-23,25-27,29H2,2-6H3/b30-10+/t36-,37+,38?,39?,43-,44-/m0/s1. The number of allylic oxidation sites excluding steroid dienone is 6. The van der Waals surface area contributed by atoms with Gasteiger partial charge in [-0.05, 0) is 125 Å². The second-order valence-electron chi connectivity index (χ2n) is 15.1. The zero-order chi connectivity index (χ0) is 36.1. The van der Waals surface area contributed by atoms with Gasteiger partial charge in [-0.25, -0.2) is 4.79 Å². The molecule has 4 aliphatic carbocycles. The molecule has 1 aromatic rings. The van der Waals surface area contributed by atoms with Gasteiger partial charge in [0.05, 0.1) is 7.11 Å². The van der Waals surface area contributed by atoms with Crippen molar-refractivity contribution < 1.29 is 24.2 Å². The summed E-state index contributed by atoms with van der Waals surface area (Å²) in [6.45, 7) is 12.5. The second kappa shape index (κ2) is 16.1. The molecule has 6 nitrogen and oxygen atoms in total. The van der Waals surface area contributed by atoms with E-state index in [-0.39, 0.29) is 23.0 Å². The lowest BCUT2D eigenvalue weighted by atomic mass is 9.51. The van der Waals surface area contributed by atoms with Crippen LogP contribution in [-0.2, 0) is 25.5 Å². The lowest BCUT2D eigenvalue weighted by molar-refractivity contribution is -0.152. The zero-order valence-corrected chi connectivity index (χ0v) is 31.0. The number of amides is 1. The Hall–Kier alpha value is -3.69. The van der Waals surface area contributed by atoms with Crippen LogP contribution in [0.5, 0.6) is 0 Å². The minimum Gasteiger partial charge on any atom is -0.467 e. The van der Waals surface area contributed by atoms with Crippen molar-refractivity contribution in [1.82, 2.24) is 4.90 Å². The van der Waals surface area contributed by atoms with Gasteiger partial charge in [0.25, 0.3) is 0 Å². The highest BCUT2D eigenvalue weighted by Crippen LogP contribution is 2.66. The summed E-state index contributed by atoms with van der Waals surface area (Å²) in [5.41, 5.74) is 6.69. The summed E-state index contributed by atoms with van der Waals surface area (Å²) in [6.07, 6.45) is 15.5. The van der Waals surface area contributed by atoms with Gasteiger partial charge in [-0.15, -0.1) is 12.5 Å². The SMILES string of the molecule is C=CCC(C(=O)OC)N(CCC)C(=O)CCC/C(=C\C)Cc1ccc([C@H]2C[C@@]3(C)C(CC[C@@]3(O)C#CC)[C@@H]3CCC4=CC(=O)CCC4=C32)cc1. The number of benzene rings is 1. The van der Waals surface area contributed by atoms with Gasteiger partial charge in [0.2, 0.25) is 5.91 Å². The van der Waals surface area contributed by atoms with Crippen LogP contribution in [-0.4, -0.2) is 53.0 Å². The Morgan fingerprint density at radius 2 is 1.92 bits per heavy atom. The lowest BCUT2D eigenvalue weighted by Crippen LogP contribution is -2.51. The van der Waals surface area contributed by atoms with Gasteiger partial charge < -0.3 is 14.7 Å². The summed E-state index contributed by atoms with van der Waals surface area (Å²) >= 11 is 0. The number of carbonyl (C=O) groups excluding carboxylic acids is 3. The number of ketones is 1. The molecule has 2 unspecified atom stereocenters. The number of aliphatic hydroxyl groups is 1. The molecule has 0 spiro atoms. The smallest absolute Gasteiger partial charge is 0.328 e. The summed E-state index contributed by atoms with van der Waals surface area (Å²) < 4.78 is 4.99. The fourth-order valence-corrected chi connectivity index (χ4v) is 9.79. The number of methoxy groups -OCH3 is 1. The van der Waals surface area contributed by atoms with Crippen LogP contribution in [0.4, 0.5) is 0 Å². The van der Waals surface area contributed by atoms with Gasteiger partial charge >= 0.3 is 5.97 Å². The van der Waals surface area contributed by atoms with Crippen LogP contribution in [0.1, 0.15) is 122 Å². The number of carbonyl (C=O) groups is 3. The molecule has 6 heteroatoms. The number of rotatable bonds is 13. The predicted octanol–water partition coefficient (Wildman–Crippen LogP) is 8.36. The molecular formula is C44H57NO5. The molecule has 0 heterocycles. The molecule has 0 aliphatic heterocycles. The van der Waals surface area contributed by atoms with E-state index >= 15 is 0 Å². The minimum atomic E-state index is -0.985. The van der Waals surface area contributed by atoms with E-state index in [2.05, 4.69) is 62.6 Å². The molecule has 268 valence electrons. The van der Waals surface area contributed by atoms with E-state index in [9.17, 15) is 19.5 Å². The quantitative estimate of drug-likeness (QED) is 0.129. The molecule has 1 amide bonds. The summed E-state index contributed by atoms with van der Waals surface area (Å²) in [5, 5.41) is 12.0. The fourth-order valence-electron chi connectivity index (χ4n) is 9.79. The van der Waals surface area contributed by atoms with Crippen LogP contribution < -0.4 is 0 Å². The average Bonchev–Trinajstić information content (AvgIpc) is 3.37. The van der Waals surface area contributed by atoms with Crippen molar-refractivity contribution in [2.24, 2.45) is 17.3 Å². The van der Waals surface area contributed by atoms with E-state index in [1.54, 1.807) is 11.0 Å². The summed E-state index contributed by atoms with van der Waals surface area (Å²) in [5.74, 6) is 7.11. The molecule has 0 radical (unpaired) electrons. The van der Waals surface area contributed by atoms with Gasteiger partial charge in [0.15, 0.2) is 5.78 Å². The molecule has 50 heavy (non-hydrogen) atoms. The number of fused-ring (bicyclic) bond motifs is 4. The molecule has 2 saturated carbocycles. The van der Waals surface area contributed by atoms with Crippen molar-refractivity contribution in [3.63, 3.8) is 0 Å². The van der Waals surface area contributed by atoms with E-state index in [0.717, 1.165) is 57.8 Å². The van der Waals surface area contributed by atoms with E-state index in [1.807, 2.05) is 19.9 Å². The van der Waals surface area contributed by atoms with Gasteiger partial charge in [-0.3, -0.25) is 9.59 Å². The minimum absolute atomic E-state index is 0.0249. The van der Waals surface area contributed by atoms with E-state index in [0.29, 0.717) is 44.1 Å². The Morgan fingerprint density at radius 3 is 2.58 bits per heavy atom. The monoisotopic (exact) mass is 679 g/mol. The lowest BCUT2D eigenvalue weighted by Gasteiger charge is -2.53. The molecular weight excluding hydrogens is 622 g/mol. The molecule has 6 atom stereocenters. The van der Waals surface area contributed by atoms with Crippen LogP contribution in [0.3, 0.4) is 0 Å². The Bertz CT molecular complexity index is 1620. The van der Waals surface area contributed by atoms with Gasteiger partial charge in [0, 0.05) is 30.7 Å². The molecule has 1 aromatic carbocycles. The highest BCUT2D eigenvalue weighted by Gasteiger charge is 2.62. The van der Waals surface area contributed by atoms with Crippen LogP contribution in [0.25, 0.3) is 0 Å². The van der Waals surface area contributed by atoms with Crippen LogP contribution >= 0.6 is 0 Å². The van der Waals surface area contributed by atoms with Crippen molar-refractivity contribution >= 4 is 17.7 Å². The third-order valence-electron chi connectivity index (χ3n) is 12.4. The van der Waals surface area contributed by atoms with Crippen molar-refractivity contribution in [3.8, 4) is 11.8 Å². The maximum Gasteiger partial charge on any atom is 0.328 e. The van der Waals surface area contributed by atoms with Crippen molar-refractivity contribution in [1.29, 1.82) is 0 Å². The summed E-state index contributed by atoms with van der Waals surface area (Å²) in [7, 11) is 1.36. The number of esters is 1. The zero-order valence-electron chi connectivity index (χ0n) is 31.0. The molecule has 0 saturated heterocycles. The number of ether oxygens (including phenoxy) is 1. The first-order valence-electron chi connectivity index (χ1n) is 18.9. The largest absolute Gasteiger partial charge is 0.467 e. The van der Waals surface area contributed by atoms with Crippen molar-refractivity contribution in [2.75, 3.05) is 13.7 Å². The Labute approximate surface area is 300 Å². The third-order valence-corrected chi connectivity index (χ3v) is 12.4. The van der Waals surface area contributed by atoms with Crippen molar-refractivity contribution in [2.45, 2.75) is 129 Å². The maximum absolute atomic E-state index is 13.3. The summed E-state index contributed by atoms with van der Waals surface area (Å²) in [6, 6.07) is 8.42. The van der Waals surface area contributed by atoms with E-state index < -0.39 is 17.6 Å². The van der Waals surface area contributed by atoms with Gasteiger partial charge in [-0.1, -0.05) is 67.3 Å². The Kier molecular flexibility index (Phi) is 12.1. The van der Waals surface area contributed by atoms with Crippen molar-refractivity contribution in [3.05, 3.63) is 82.5 Å². The highest BCUT2D eigenvalue weighted by atomic mass is 16.5. The molecule has 5 rings (SSSR count). The number of hydrogen-bond acceptors (Lipinski definition) is 5. The normalized spacial score (nSPS) is 28.0. The van der Waals surface area contributed by atoms with Crippen LogP contribution in [0, 0.1) is 29.1 Å². The maximum atomic E-state index is 13.3. The first-order chi connectivity index (χ1) is 24.0. The second-order valence-corrected chi connectivity index (χ2v) is 15.1. The molecule has 1 N–H and O–H groups in total. The van der Waals surface area contributed by atoms with Crippen LogP contribution in [0.2, 0.25) is 0 Å². The highest BCUT2D eigenvalue weighted by molar-refractivity contribution is 5.93. The first-order valence-corrected chi connectivity index (χ1v) is 18.9. The Balaban J connectivity index is 1.32. The topological polar surface area (TPSA) is 83.9 Å². The molecule has 0 bridgehead atoms. The average molecular weight is 680 g/mol. The Morgan fingerprint density at radius 1 is 1.16 bits per heavy atom. The third kappa shape index (κ3) is 7.35. The molecule has 4 aliphatic rings. The van der Waals surface area contributed by atoms with Crippen LogP contribution in [0.15, 0.2) is 71.4 Å². The fraction of sp³-hybridized carbons (Fsp3) is 0.568.